The van der Waals surface area contributed by atoms with Crippen molar-refractivity contribution in [1.82, 2.24) is 20.1 Å². The van der Waals surface area contributed by atoms with Crippen LogP contribution in [0.4, 0.5) is 13.2 Å². The van der Waals surface area contributed by atoms with E-state index in [4.69, 9.17) is 9.47 Å². The fraction of sp³-hybridized carbons (Fsp3) is 0.586. The van der Waals surface area contributed by atoms with Crippen molar-refractivity contribution in [2.75, 3.05) is 53.0 Å². The lowest BCUT2D eigenvalue weighted by Crippen LogP contribution is -2.57. The Balaban J connectivity index is 1.38. The van der Waals surface area contributed by atoms with Crippen LogP contribution in [-0.2, 0) is 10.9 Å². The standard InChI is InChI=1S/C29H39F3N4O4/c1-19-20(2)26(40-18-23(37)16-33-11-14-39-3)9-8-24(19)25-6-4-5-22-17-35(12-13-36(22)25)28(38)21-7-10-27(34-15-21)29(30,31)32/h7-10,15,22-23,25,33,37H,4-6,11-14,16-18H2,1-3H3/t22-,23+,25+/m0/s1. The maximum atomic E-state index is 13.1. The number of alkyl halides is 3. The molecule has 0 radical (unpaired) electrons. The van der Waals surface area contributed by atoms with Gasteiger partial charge < -0.3 is 24.8 Å². The van der Waals surface area contributed by atoms with Crippen molar-refractivity contribution >= 4 is 5.91 Å². The number of piperidine rings is 1. The summed E-state index contributed by atoms with van der Waals surface area (Å²) in [6.07, 6.45) is -1.15. The molecule has 8 nitrogen and oxygen atoms in total. The number of hydrogen-bond donors (Lipinski definition) is 2. The Hall–Kier alpha value is -2.73. The van der Waals surface area contributed by atoms with Crippen LogP contribution in [0.2, 0.25) is 0 Å². The van der Waals surface area contributed by atoms with E-state index >= 15 is 0 Å². The normalized spacial score (nSPS) is 20.7. The summed E-state index contributed by atoms with van der Waals surface area (Å²) in [7, 11) is 1.63. The minimum Gasteiger partial charge on any atom is -0.491 e. The number of rotatable bonds is 10. The van der Waals surface area contributed by atoms with E-state index in [1.807, 2.05) is 13.0 Å². The summed E-state index contributed by atoms with van der Waals surface area (Å²) in [6.45, 7) is 7.72. The Morgan fingerprint density at radius 2 is 1.98 bits per heavy atom. The molecule has 2 aromatic rings. The predicted octanol–water partition coefficient (Wildman–Crippen LogP) is 3.74. The second kappa shape index (κ2) is 13.3. The number of methoxy groups -OCH3 is 1. The molecule has 4 rings (SSSR count). The molecule has 1 aromatic carbocycles. The number of aliphatic hydroxyl groups excluding tert-OH is 1. The number of benzene rings is 1. The third kappa shape index (κ3) is 7.12. The average Bonchev–Trinajstić information content (AvgIpc) is 2.95. The van der Waals surface area contributed by atoms with Gasteiger partial charge in [0, 0.05) is 58.1 Å². The van der Waals surface area contributed by atoms with Crippen LogP contribution < -0.4 is 10.1 Å². The van der Waals surface area contributed by atoms with Crippen molar-refractivity contribution in [2.24, 2.45) is 0 Å². The summed E-state index contributed by atoms with van der Waals surface area (Å²) in [4.78, 5) is 20.7. The molecule has 0 aliphatic carbocycles. The first-order chi connectivity index (χ1) is 19.1. The molecule has 3 atom stereocenters. The van der Waals surface area contributed by atoms with Crippen molar-refractivity contribution in [1.29, 1.82) is 0 Å². The number of pyridine rings is 1. The molecule has 1 amide bonds. The van der Waals surface area contributed by atoms with Crippen LogP contribution in [0.15, 0.2) is 30.5 Å². The maximum Gasteiger partial charge on any atom is 0.433 e. The fourth-order valence-corrected chi connectivity index (χ4v) is 5.66. The molecule has 2 aliphatic rings. The van der Waals surface area contributed by atoms with Gasteiger partial charge in [0.1, 0.15) is 24.2 Å². The van der Waals surface area contributed by atoms with Crippen LogP contribution in [0.3, 0.4) is 0 Å². The summed E-state index contributed by atoms with van der Waals surface area (Å²) in [6, 6.07) is 6.55. The third-order valence-corrected chi connectivity index (χ3v) is 7.96. The molecule has 11 heteroatoms. The molecule has 2 N–H and O–H groups in total. The van der Waals surface area contributed by atoms with Crippen molar-refractivity contribution in [3.8, 4) is 5.75 Å². The minimum absolute atomic E-state index is 0.173. The number of aliphatic hydroxyl groups is 1. The van der Waals surface area contributed by atoms with E-state index in [1.165, 1.54) is 11.6 Å². The Kier molecular flexibility index (Phi) is 10.0. The van der Waals surface area contributed by atoms with E-state index in [1.54, 1.807) is 12.0 Å². The fourth-order valence-electron chi connectivity index (χ4n) is 5.66. The lowest BCUT2D eigenvalue weighted by molar-refractivity contribution is -0.141. The number of aromatic nitrogens is 1. The number of halogens is 3. The van der Waals surface area contributed by atoms with E-state index in [0.717, 1.165) is 48.4 Å². The zero-order valence-corrected chi connectivity index (χ0v) is 23.3. The Bertz CT molecular complexity index is 1150. The van der Waals surface area contributed by atoms with Gasteiger partial charge >= 0.3 is 6.18 Å². The SMILES string of the molecule is COCCNC[C@@H](O)COc1ccc([C@H]2CCC[C@H]3CN(C(=O)c4ccc(C(F)(F)F)nc4)CCN32)c(C)c1C. The summed E-state index contributed by atoms with van der Waals surface area (Å²) < 4.78 is 49.5. The van der Waals surface area contributed by atoms with Gasteiger partial charge in [-0.1, -0.05) is 6.07 Å². The number of ether oxygens (including phenoxy) is 2. The summed E-state index contributed by atoms with van der Waals surface area (Å²) in [5.41, 5.74) is 2.61. The van der Waals surface area contributed by atoms with Crippen molar-refractivity contribution in [2.45, 2.75) is 57.5 Å². The lowest BCUT2D eigenvalue weighted by Gasteiger charge is -2.48. The molecule has 0 unspecified atom stereocenters. The summed E-state index contributed by atoms with van der Waals surface area (Å²) >= 11 is 0. The van der Waals surface area contributed by atoms with Crippen molar-refractivity contribution < 1.29 is 32.5 Å². The van der Waals surface area contributed by atoms with Crippen LogP contribution >= 0.6 is 0 Å². The highest BCUT2D eigenvalue weighted by atomic mass is 19.4. The smallest absolute Gasteiger partial charge is 0.433 e. The van der Waals surface area contributed by atoms with Crippen LogP contribution in [0, 0.1) is 13.8 Å². The van der Waals surface area contributed by atoms with E-state index < -0.39 is 18.0 Å². The van der Waals surface area contributed by atoms with Gasteiger partial charge in [0.25, 0.3) is 5.91 Å². The number of carbonyl (C=O) groups is 1. The van der Waals surface area contributed by atoms with Crippen LogP contribution in [0.25, 0.3) is 0 Å². The number of hydrogen-bond acceptors (Lipinski definition) is 7. The number of amides is 1. The molecular formula is C29H39F3N4O4. The lowest BCUT2D eigenvalue weighted by atomic mass is 9.86. The largest absolute Gasteiger partial charge is 0.491 e. The summed E-state index contributed by atoms with van der Waals surface area (Å²) in [5, 5.41) is 13.3. The average molecular weight is 565 g/mol. The zero-order valence-electron chi connectivity index (χ0n) is 23.3. The molecule has 0 saturated carbocycles. The van der Waals surface area contributed by atoms with Gasteiger partial charge in [0.15, 0.2) is 0 Å². The van der Waals surface area contributed by atoms with E-state index in [9.17, 15) is 23.1 Å². The molecular weight excluding hydrogens is 525 g/mol. The molecule has 0 spiro atoms. The highest BCUT2D eigenvalue weighted by Crippen LogP contribution is 2.39. The minimum atomic E-state index is -4.53. The third-order valence-electron chi connectivity index (χ3n) is 7.96. The predicted molar refractivity (Wildman–Crippen MR) is 144 cm³/mol. The topological polar surface area (TPSA) is 87.2 Å². The molecule has 220 valence electrons. The maximum absolute atomic E-state index is 13.1. The molecule has 0 bridgehead atoms. The summed E-state index contributed by atoms with van der Waals surface area (Å²) in [5.74, 6) is 0.470. The first kappa shape index (κ1) is 30.2. The molecule has 3 heterocycles. The molecule has 2 fully saturated rings. The zero-order chi connectivity index (χ0) is 28.9. The highest BCUT2D eigenvalue weighted by molar-refractivity contribution is 5.94. The van der Waals surface area contributed by atoms with Gasteiger partial charge in [-0.2, -0.15) is 13.2 Å². The number of fused-ring (bicyclic) bond motifs is 1. The van der Waals surface area contributed by atoms with E-state index in [0.29, 0.717) is 39.3 Å². The van der Waals surface area contributed by atoms with Gasteiger partial charge in [-0.3, -0.25) is 14.7 Å². The molecule has 40 heavy (non-hydrogen) atoms. The van der Waals surface area contributed by atoms with Gasteiger partial charge in [-0.25, -0.2) is 0 Å². The van der Waals surface area contributed by atoms with Crippen LogP contribution in [-0.4, -0.2) is 91.0 Å². The second-order valence-corrected chi connectivity index (χ2v) is 10.6. The van der Waals surface area contributed by atoms with Crippen LogP contribution in [0.1, 0.15) is 58.0 Å². The van der Waals surface area contributed by atoms with Crippen LogP contribution in [0.5, 0.6) is 5.75 Å². The Labute approximate surface area is 233 Å². The Morgan fingerprint density at radius 1 is 1.18 bits per heavy atom. The van der Waals surface area contributed by atoms with Gasteiger partial charge in [0.2, 0.25) is 0 Å². The Morgan fingerprint density at radius 3 is 2.67 bits per heavy atom. The molecule has 2 saturated heterocycles. The van der Waals surface area contributed by atoms with Crippen molar-refractivity contribution in [3.63, 3.8) is 0 Å². The van der Waals surface area contributed by atoms with Crippen molar-refractivity contribution in [3.05, 3.63) is 58.4 Å². The first-order valence-electron chi connectivity index (χ1n) is 13.8. The number of nitrogens with one attached hydrogen (secondary N) is 1. The van der Waals surface area contributed by atoms with E-state index in [-0.39, 0.29) is 30.2 Å². The first-order valence-corrected chi connectivity index (χ1v) is 13.8. The van der Waals surface area contributed by atoms with Gasteiger partial charge in [0.05, 0.1) is 12.2 Å². The highest BCUT2D eigenvalue weighted by Gasteiger charge is 2.38. The second-order valence-electron chi connectivity index (χ2n) is 10.6. The quantitative estimate of drug-likeness (QED) is 0.425. The number of carbonyl (C=O) groups excluding carboxylic acids is 1. The molecule has 1 aromatic heterocycles. The molecule has 2 aliphatic heterocycles. The van der Waals surface area contributed by atoms with Gasteiger partial charge in [-0.05, 0) is 68.0 Å². The number of piperazine rings is 1. The number of nitrogens with zero attached hydrogens (tertiary/aromatic N) is 3. The van der Waals surface area contributed by atoms with E-state index in [2.05, 4.69) is 28.2 Å². The monoisotopic (exact) mass is 564 g/mol. The van der Waals surface area contributed by atoms with Gasteiger partial charge in [-0.15, -0.1) is 0 Å².